The molecule has 0 spiro atoms. The summed E-state index contributed by atoms with van der Waals surface area (Å²) in [4.78, 5) is 11.3. The minimum absolute atomic E-state index is 0.595. The highest BCUT2D eigenvalue weighted by Crippen LogP contribution is 2.12. The summed E-state index contributed by atoms with van der Waals surface area (Å²) in [5, 5.41) is 16.4. The molecule has 0 fully saturated rings. The fourth-order valence-electron chi connectivity index (χ4n) is 1.96. The van der Waals surface area contributed by atoms with Crippen molar-refractivity contribution in [3.63, 3.8) is 0 Å². The maximum absolute atomic E-state index is 11.3. The molecule has 0 bridgehead atoms. The molecule has 2 N–H and O–H groups in total. The van der Waals surface area contributed by atoms with Crippen LogP contribution in [0, 0.1) is 0 Å². The van der Waals surface area contributed by atoms with Crippen LogP contribution in [0.25, 0.3) is 0 Å². The van der Waals surface area contributed by atoms with E-state index < -0.39 is 12.0 Å². The van der Waals surface area contributed by atoms with Gasteiger partial charge in [0, 0.05) is 19.8 Å². The molecule has 0 aliphatic carbocycles. The van der Waals surface area contributed by atoms with Crippen LogP contribution >= 0.6 is 0 Å². The van der Waals surface area contributed by atoms with Crippen molar-refractivity contribution < 1.29 is 9.90 Å². The molecule has 0 saturated carbocycles. The van der Waals surface area contributed by atoms with Gasteiger partial charge in [0.25, 0.3) is 0 Å². The van der Waals surface area contributed by atoms with Crippen LogP contribution in [0.1, 0.15) is 17.2 Å². The first-order valence-electron chi connectivity index (χ1n) is 6.15. The molecule has 0 aliphatic rings. The molecule has 0 amide bonds. The summed E-state index contributed by atoms with van der Waals surface area (Å²) in [5.41, 5.74) is 1.85. The zero-order valence-electron chi connectivity index (χ0n) is 10.8. The maximum Gasteiger partial charge on any atom is 0.325 e. The molecule has 5 nitrogen and oxygen atoms in total. The SMILES string of the molecule is Cn1cc(CCNC(C(=O)O)c2ccccc2)cn1. The van der Waals surface area contributed by atoms with Crippen molar-refractivity contribution in [2.45, 2.75) is 12.5 Å². The summed E-state index contributed by atoms with van der Waals surface area (Å²) in [6.45, 7) is 0.595. The van der Waals surface area contributed by atoms with E-state index in [4.69, 9.17) is 0 Å². The van der Waals surface area contributed by atoms with E-state index in [0.29, 0.717) is 6.54 Å². The fourth-order valence-corrected chi connectivity index (χ4v) is 1.96. The molecule has 19 heavy (non-hydrogen) atoms. The largest absolute Gasteiger partial charge is 0.480 e. The number of aryl methyl sites for hydroxylation is 1. The number of hydrogen-bond donors (Lipinski definition) is 2. The third kappa shape index (κ3) is 3.66. The molecule has 1 heterocycles. The Morgan fingerprint density at radius 1 is 1.42 bits per heavy atom. The smallest absolute Gasteiger partial charge is 0.325 e. The van der Waals surface area contributed by atoms with Crippen LogP contribution < -0.4 is 5.32 Å². The number of nitrogens with one attached hydrogen (secondary N) is 1. The summed E-state index contributed by atoms with van der Waals surface area (Å²) in [5.74, 6) is -0.864. The van der Waals surface area contributed by atoms with E-state index in [1.807, 2.05) is 43.6 Å². The first-order valence-corrected chi connectivity index (χ1v) is 6.15. The number of aromatic nitrogens is 2. The van der Waals surface area contributed by atoms with Crippen molar-refractivity contribution in [3.8, 4) is 0 Å². The van der Waals surface area contributed by atoms with Crippen molar-refractivity contribution in [2.75, 3.05) is 6.54 Å². The Bertz CT molecular complexity index is 537. The maximum atomic E-state index is 11.3. The van der Waals surface area contributed by atoms with Crippen molar-refractivity contribution in [2.24, 2.45) is 7.05 Å². The molecule has 2 aromatic rings. The van der Waals surface area contributed by atoms with Gasteiger partial charge in [-0.2, -0.15) is 5.10 Å². The Labute approximate surface area is 111 Å². The van der Waals surface area contributed by atoms with Gasteiger partial charge in [-0.05, 0) is 17.5 Å². The Balaban J connectivity index is 1.93. The normalized spacial score (nSPS) is 12.3. The number of aliphatic carboxylic acids is 1. The summed E-state index contributed by atoms with van der Waals surface area (Å²) in [6.07, 6.45) is 4.48. The molecule has 100 valence electrons. The zero-order valence-corrected chi connectivity index (χ0v) is 10.8. The van der Waals surface area contributed by atoms with E-state index in [1.54, 1.807) is 10.9 Å². The second-order valence-electron chi connectivity index (χ2n) is 4.41. The second-order valence-corrected chi connectivity index (χ2v) is 4.41. The second kappa shape index (κ2) is 6.15. The van der Waals surface area contributed by atoms with Gasteiger partial charge < -0.3 is 10.4 Å². The van der Waals surface area contributed by atoms with Gasteiger partial charge in [0.05, 0.1) is 6.20 Å². The van der Waals surface area contributed by atoms with Crippen LogP contribution in [0.5, 0.6) is 0 Å². The molecule has 0 saturated heterocycles. The van der Waals surface area contributed by atoms with Gasteiger partial charge in [-0.15, -0.1) is 0 Å². The topological polar surface area (TPSA) is 67.2 Å². The van der Waals surface area contributed by atoms with Crippen molar-refractivity contribution in [1.82, 2.24) is 15.1 Å². The first kappa shape index (κ1) is 13.3. The molecule has 1 aromatic carbocycles. The summed E-state index contributed by atoms with van der Waals surface area (Å²) >= 11 is 0. The highest BCUT2D eigenvalue weighted by molar-refractivity contribution is 5.75. The van der Waals surface area contributed by atoms with E-state index >= 15 is 0 Å². The lowest BCUT2D eigenvalue weighted by atomic mass is 10.1. The minimum atomic E-state index is -0.864. The Morgan fingerprint density at radius 2 is 2.16 bits per heavy atom. The Hall–Kier alpha value is -2.14. The fraction of sp³-hybridized carbons (Fsp3) is 0.286. The third-order valence-corrected chi connectivity index (χ3v) is 2.90. The van der Waals surface area contributed by atoms with Crippen LogP contribution in [0.3, 0.4) is 0 Å². The van der Waals surface area contributed by atoms with Gasteiger partial charge in [-0.1, -0.05) is 30.3 Å². The third-order valence-electron chi connectivity index (χ3n) is 2.90. The summed E-state index contributed by atoms with van der Waals surface area (Å²) in [7, 11) is 1.86. The van der Waals surface area contributed by atoms with E-state index in [1.165, 1.54) is 0 Å². The number of benzene rings is 1. The summed E-state index contributed by atoms with van der Waals surface area (Å²) < 4.78 is 1.74. The number of carboxylic acids is 1. The van der Waals surface area contributed by atoms with Gasteiger partial charge in [0.15, 0.2) is 0 Å². The van der Waals surface area contributed by atoms with Gasteiger partial charge in [0.2, 0.25) is 0 Å². The average molecular weight is 259 g/mol. The number of carboxylic acid groups (broad SMARTS) is 1. The van der Waals surface area contributed by atoms with Gasteiger partial charge in [-0.25, -0.2) is 0 Å². The standard InChI is InChI=1S/C14H17N3O2/c1-17-10-11(9-16-17)7-8-15-13(14(18)19)12-5-3-2-4-6-12/h2-6,9-10,13,15H,7-8H2,1H3,(H,18,19). The Morgan fingerprint density at radius 3 is 2.74 bits per heavy atom. The van der Waals surface area contributed by atoms with Crippen LogP contribution in [0.15, 0.2) is 42.7 Å². The monoisotopic (exact) mass is 259 g/mol. The Kier molecular flexibility index (Phi) is 4.30. The minimum Gasteiger partial charge on any atom is -0.480 e. The lowest BCUT2D eigenvalue weighted by molar-refractivity contribution is -0.139. The van der Waals surface area contributed by atoms with E-state index in [0.717, 1.165) is 17.5 Å². The average Bonchev–Trinajstić information content (AvgIpc) is 2.81. The van der Waals surface area contributed by atoms with Crippen molar-refractivity contribution >= 4 is 5.97 Å². The summed E-state index contributed by atoms with van der Waals surface area (Å²) in [6, 6.07) is 8.52. The first-order chi connectivity index (χ1) is 9.16. The highest BCUT2D eigenvalue weighted by atomic mass is 16.4. The molecule has 5 heteroatoms. The number of rotatable bonds is 6. The highest BCUT2D eigenvalue weighted by Gasteiger charge is 2.18. The quantitative estimate of drug-likeness (QED) is 0.822. The molecule has 0 radical (unpaired) electrons. The molecular weight excluding hydrogens is 242 g/mol. The lowest BCUT2D eigenvalue weighted by Gasteiger charge is -2.14. The van der Waals surface area contributed by atoms with Gasteiger partial charge in [0.1, 0.15) is 6.04 Å². The van der Waals surface area contributed by atoms with Crippen molar-refractivity contribution in [3.05, 3.63) is 53.9 Å². The molecule has 1 aromatic heterocycles. The molecule has 0 aliphatic heterocycles. The molecule has 1 unspecified atom stereocenters. The van der Waals surface area contributed by atoms with Gasteiger partial charge in [-0.3, -0.25) is 9.48 Å². The van der Waals surface area contributed by atoms with Crippen LogP contribution in [0.4, 0.5) is 0 Å². The molecule has 1 atom stereocenters. The van der Waals surface area contributed by atoms with Crippen LogP contribution in [0.2, 0.25) is 0 Å². The van der Waals surface area contributed by atoms with Gasteiger partial charge >= 0.3 is 5.97 Å². The van der Waals surface area contributed by atoms with E-state index in [-0.39, 0.29) is 0 Å². The predicted molar refractivity (Wildman–Crippen MR) is 71.7 cm³/mol. The lowest BCUT2D eigenvalue weighted by Crippen LogP contribution is -2.30. The number of hydrogen-bond acceptors (Lipinski definition) is 3. The molecular formula is C14H17N3O2. The van der Waals surface area contributed by atoms with E-state index in [2.05, 4.69) is 10.4 Å². The zero-order chi connectivity index (χ0) is 13.7. The number of nitrogens with zero attached hydrogens (tertiary/aromatic N) is 2. The van der Waals surface area contributed by atoms with Crippen LogP contribution in [-0.2, 0) is 18.3 Å². The molecule has 2 rings (SSSR count). The van der Waals surface area contributed by atoms with Crippen LogP contribution in [-0.4, -0.2) is 27.4 Å². The van der Waals surface area contributed by atoms with E-state index in [9.17, 15) is 9.90 Å². The predicted octanol–water partition coefficient (Wildman–Crippen LogP) is 1.38. The number of carbonyl (C=O) groups is 1. The van der Waals surface area contributed by atoms with Crippen molar-refractivity contribution in [1.29, 1.82) is 0 Å².